The van der Waals surface area contributed by atoms with Crippen molar-refractivity contribution < 1.29 is 4.92 Å². The highest BCUT2D eigenvalue weighted by Crippen LogP contribution is 2.16. The maximum atomic E-state index is 10.7. The van der Waals surface area contributed by atoms with E-state index in [0.29, 0.717) is 17.1 Å². The first-order valence-electron chi connectivity index (χ1n) is 6.21. The summed E-state index contributed by atoms with van der Waals surface area (Å²) in [7, 11) is 0. The summed E-state index contributed by atoms with van der Waals surface area (Å²) in [6.07, 6.45) is 0. The first-order chi connectivity index (χ1) is 10.5. The Morgan fingerprint density at radius 3 is 2.59 bits per heavy atom. The SMILES string of the molecule is Cc1nc(C#N)c(C#N)nc1NCc1cccc([N+](=O)[O-])c1. The molecule has 0 atom stereocenters. The zero-order valence-corrected chi connectivity index (χ0v) is 11.6. The van der Waals surface area contributed by atoms with E-state index in [-0.39, 0.29) is 23.6 Å². The lowest BCUT2D eigenvalue weighted by molar-refractivity contribution is -0.384. The van der Waals surface area contributed by atoms with E-state index < -0.39 is 4.92 Å². The molecule has 0 amide bonds. The van der Waals surface area contributed by atoms with Gasteiger partial charge in [0.2, 0.25) is 0 Å². The number of nitriles is 2. The zero-order valence-electron chi connectivity index (χ0n) is 11.6. The van der Waals surface area contributed by atoms with Crippen LogP contribution in [0, 0.1) is 39.7 Å². The van der Waals surface area contributed by atoms with Crippen molar-refractivity contribution in [2.24, 2.45) is 0 Å². The molecule has 8 nitrogen and oxygen atoms in total. The van der Waals surface area contributed by atoms with Crippen LogP contribution in [0.2, 0.25) is 0 Å². The summed E-state index contributed by atoms with van der Waals surface area (Å²) in [5, 5.41) is 31.5. The predicted octanol–water partition coefficient (Wildman–Crippen LogP) is 2.05. The smallest absolute Gasteiger partial charge is 0.269 e. The molecule has 0 unspecified atom stereocenters. The van der Waals surface area contributed by atoms with Gasteiger partial charge in [0.05, 0.1) is 10.6 Å². The Morgan fingerprint density at radius 2 is 1.95 bits per heavy atom. The molecule has 1 aromatic heterocycles. The molecule has 0 aliphatic heterocycles. The van der Waals surface area contributed by atoms with E-state index >= 15 is 0 Å². The maximum Gasteiger partial charge on any atom is 0.269 e. The summed E-state index contributed by atoms with van der Waals surface area (Å²) in [4.78, 5) is 18.3. The van der Waals surface area contributed by atoms with Crippen molar-refractivity contribution in [1.29, 1.82) is 10.5 Å². The fourth-order valence-corrected chi connectivity index (χ4v) is 1.81. The first-order valence-corrected chi connectivity index (χ1v) is 6.21. The van der Waals surface area contributed by atoms with Crippen molar-refractivity contribution >= 4 is 11.5 Å². The molecule has 0 saturated heterocycles. The van der Waals surface area contributed by atoms with E-state index in [1.807, 2.05) is 12.1 Å². The number of benzene rings is 1. The predicted molar refractivity (Wildman–Crippen MR) is 76.6 cm³/mol. The quantitative estimate of drug-likeness (QED) is 0.674. The molecule has 1 heterocycles. The van der Waals surface area contributed by atoms with Crippen LogP contribution in [0.3, 0.4) is 0 Å². The van der Waals surface area contributed by atoms with E-state index in [4.69, 9.17) is 10.5 Å². The van der Waals surface area contributed by atoms with Gasteiger partial charge < -0.3 is 5.32 Å². The van der Waals surface area contributed by atoms with Crippen LogP contribution in [0.1, 0.15) is 22.6 Å². The number of nitrogens with zero attached hydrogens (tertiary/aromatic N) is 5. The van der Waals surface area contributed by atoms with Crippen LogP contribution in [-0.4, -0.2) is 14.9 Å². The lowest BCUT2D eigenvalue weighted by Crippen LogP contribution is -2.07. The molecule has 1 N–H and O–H groups in total. The largest absolute Gasteiger partial charge is 0.364 e. The molecular formula is C14H10N6O2. The highest BCUT2D eigenvalue weighted by atomic mass is 16.6. The van der Waals surface area contributed by atoms with Gasteiger partial charge in [0.15, 0.2) is 11.4 Å². The van der Waals surface area contributed by atoms with Crippen LogP contribution < -0.4 is 5.32 Å². The number of anilines is 1. The molecule has 8 heteroatoms. The van der Waals surface area contributed by atoms with E-state index in [1.54, 1.807) is 19.1 Å². The van der Waals surface area contributed by atoms with Crippen LogP contribution in [0.25, 0.3) is 0 Å². The summed E-state index contributed by atoms with van der Waals surface area (Å²) in [6.45, 7) is 1.94. The fourth-order valence-electron chi connectivity index (χ4n) is 1.81. The van der Waals surface area contributed by atoms with E-state index in [9.17, 15) is 10.1 Å². The second-order valence-corrected chi connectivity index (χ2v) is 4.36. The van der Waals surface area contributed by atoms with Crippen molar-refractivity contribution in [2.75, 3.05) is 5.32 Å². The van der Waals surface area contributed by atoms with Gasteiger partial charge in [-0.15, -0.1) is 0 Å². The molecule has 0 fully saturated rings. The normalized spacial score (nSPS) is 9.59. The third kappa shape index (κ3) is 3.14. The lowest BCUT2D eigenvalue weighted by Gasteiger charge is -2.08. The Morgan fingerprint density at radius 1 is 1.27 bits per heavy atom. The van der Waals surface area contributed by atoms with Crippen LogP contribution >= 0.6 is 0 Å². The molecule has 0 spiro atoms. The van der Waals surface area contributed by atoms with Gasteiger partial charge in [0.25, 0.3) is 5.69 Å². The van der Waals surface area contributed by atoms with Gasteiger partial charge in [0.1, 0.15) is 18.0 Å². The average Bonchev–Trinajstić information content (AvgIpc) is 2.53. The summed E-state index contributed by atoms with van der Waals surface area (Å²) >= 11 is 0. The monoisotopic (exact) mass is 294 g/mol. The summed E-state index contributed by atoms with van der Waals surface area (Å²) in [5.41, 5.74) is 1.08. The lowest BCUT2D eigenvalue weighted by atomic mass is 10.2. The molecule has 0 aliphatic carbocycles. The molecule has 2 rings (SSSR count). The topological polar surface area (TPSA) is 129 Å². The Labute approximate surface area is 125 Å². The van der Waals surface area contributed by atoms with Crippen LogP contribution in [0.15, 0.2) is 24.3 Å². The third-order valence-electron chi connectivity index (χ3n) is 2.86. The van der Waals surface area contributed by atoms with Gasteiger partial charge >= 0.3 is 0 Å². The highest BCUT2D eigenvalue weighted by molar-refractivity contribution is 5.48. The Kier molecular flexibility index (Phi) is 4.25. The number of aromatic nitrogens is 2. The van der Waals surface area contributed by atoms with Gasteiger partial charge in [-0.05, 0) is 12.5 Å². The molecular weight excluding hydrogens is 284 g/mol. The molecule has 2 aromatic rings. The van der Waals surface area contributed by atoms with E-state index in [2.05, 4.69) is 15.3 Å². The molecule has 1 aromatic carbocycles. The minimum absolute atomic E-state index is 0.000326. The molecule has 0 bridgehead atoms. The number of hydrogen-bond donors (Lipinski definition) is 1. The van der Waals surface area contributed by atoms with Crippen LogP contribution in [-0.2, 0) is 6.54 Å². The number of hydrogen-bond acceptors (Lipinski definition) is 7. The average molecular weight is 294 g/mol. The second-order valence-electron chi connectivity index (χ2n) is 4.36. The number of nitro groups is 1. The second kappa shape index (κ2) is 6.29. The van der Waals surface area contributed by atoms with Crippen molar-refractivity contribution in [3.8, 4) is 12.1 Å². The Balaban J connectivity index is 2.22. The minimum Gasteiger partial charge on any atom is -0.364 e. The van der Waals surface area contributed by atoms with Crippen molar-refractivity contribution in [2.45, 2.75) is 13.5 Å². The Bertz CT molecular complexity index is 819. The number of rotatable bonds is 4. The van der Waals surface area contributed by atoms with Gasteiger partial charge in [0, 0.05) is 18.7 Å². The number of nitro benzene ring substituents is 1. The van der Waals surface area contributed by atoms with Crippen LogP contribution in [0.4, 0.5) is 11.5 Å². The first kappa shape index (κ1) is 14.9. The molecule has 0 radical (unpaired) electrons. The Hall–Kier alpha value is -3.52. The minimum atomic E-state index is -0.468. The summed E-state index contributed by atoms with van der Waals surface area (Å²) < 4.78 is 0. The molecule has 0 aliphatic rings. The van der Waals surface area contributed by atoms with Gasteiger partial charge in [-0.2, -0.15) is 10.5 Å². The summed E-state index contributed by atoms with van der Waals surface area (Å²) in [5.74, 6) is 0.363. The fraction of sp³-hybridized carbons (Fsp3) is 0.143. The number of non-ortho nitro benzene ring substituents is 1. The van der Waals surface area contributed by atoms with Gasteiger partial charge in [-0.25, -0.2) is 9.97 Å². The highest BCUT2D eigenvalue weighted by Gasteiger charge is 2.11. The summed E-state index contributed by atoms with van der Waals surface area (Å²) in [6, 6.07) is 9.80. The van der Waals surface area contributed by atoms with Crippen molar-refractivity contribution in [3.05, 3.63) is 57.0 Å². The van der Waals surface area contributed by atoms with E-state index in [0.717, 1.165) is 0 Å². The number of nitrogens with one attached hydrogen (secondary N) is 1. The zero-order chi connectivity index (χ0) is 16.1. The number of aryl methyl sites for hydroxylation is 1. The molecule has 22 heavy (non-hydrogen) atoms. The van der Waals surface area contributed by atoms with Gasteiger partial charge in [-0.1, -0.05) is 12.1 Å². The van der Waals surface area contributed by atoms with Crippen molar-refractivity contribution in [1.82, 2.24) is 9.97 Å². The third-order valence-corrected chi connectivity index (χ3v) is 2.86. The standard InChI is InChI=1S/C14H10N6O2/c1-9-14(19-13(7-16)12(6-15)18-9)17-8-10-3-2-4-11(5-10)20(21)22/h2-5H,8H2,1H3,(H,17,19). The van der Waals surface area contributed by atoms with Crippen molar-refractivity contribution in [3.63, 3.8) is 0 Å². The maximum absolute atomic E-state index is 10.7. The molecule has 0 saturated carbocycles. The van der Waals surface area contributed by atoms with E-state index in [1.165, 1.54) is 12.1 Å². The molecule has 108 valence electrons. The van der Waals surface area contributed by atoms with Gasteiger partial charge in [-0.3, -0.25) is 10.1 Å². The van der Waals surface area contributed by atoms with Crippen LogP contribution in [0.5, 0.6) is 0 Å².